The summed E-state index contributed by atoms with van der Waals surface area (Å²) in [5.41, 5.74) is 3.05. The lowest BCUT2D eigenvalue weighted by Gasteiger charge is -2.39. The lowest BCUT2D eigenvalue weighted by Crippen LogP contribution is -2.40. The maximum absolute atomic E-state index is 13.8. The van der Waals surface area contributed by atoms with Crippen molar-refractivity contribution in [2.45, 2.75) is 46.5 Å². The van der Waals surface area contributed by atoms with E-state index in [1.54, 1.807) is 19.1 Å². The molecule has 196 valence electrons. The van der Waals surface area contributed by atoms with Crippen LogP contribution >= 0.6 is 0 Å². The number of aryl methyl sites for hydroxylation is 1. The second-order valence-electron chi connectivity index (χ2n) is 10.7. The predicted octanol–water partition coefficient (Wildman–Crippen LogP) is 5.33. The van der Waals surface area contributed by atoms with Crippen LogP contribution in [-0.4, -0.2) is 25.0 Å². The van der Waals surface area contributed by atoms with Gasteiger partial charge < -0.3 is 19.2 Å². The highest BCUT2D eigenvalue weighted by molar-refractivity contribution is 6.04. The summed E-state index contributed by atoms with van der Waals surface area (Å²) in [6.07, 6.45) is 2.31. The Balaban J connectivity index is 1.53. The number of hydrogen-bond acceptors (Lipinski definition) is 7. The molecule has 1 atom stereocenters. The minimum absolute atomic E-state index is 0.00956. The molecular formula is C31H31NO6. The van der Waals surface area contributed by atoms with Crippen molar-refractivity contribution in [3.05, 3.63) is 98.7 Å². The van der Waals surface area contributed by atoms with Crippen LogP contribution < -0.4 is 15.5 Å². The van der Waals surface area contributed by atoms with E-state index < -0.39 is 11.9 Å². The van der Waals surface area contributed by atoms with E-state index in [9.17, 15) is 14.4 Å². The maximum Gasteiger partial charge on any atom is 0.336 e. The van der Waals surface area contributed by atoms with Gasteiger partial charge in [-0.1, -0.05) is 43.7 Å². The molecule has 1 N–H and O–H groups in total. The number of esters is 1. The number of ether oxygens (including phenoxy) is 2. The van der Waals surface area contributed by atoms with Gasteiger partial charge in [0.05, 0.1) is 23.1 Å². The van der Waals surface area contributed by atoms with Crippen LogP contribution in [0.3, 0.4) is 0 Å². The minimum Gasteiger partial charge on any atom is -0.490 e. The van der Waals surface area contributed by atoms with Gasteiger partial charge in [0.2, 0.25) is 0 Å². The normalized spacial score (nSPS) is 18.7. The molecule has 0 spiro atoms. The summed E-state index contributed by atoms with van der Waals surface area (Å²) in [5.74, 6) is -0.920. The molecule has 0 unspecified atom stereocenters. The first-order valence-electron chi connectivity index (χ1n) is 12.8. The summed E-state index contributed by atoms with van der Waals surface area (Å²) in [6.45, 7) is 7.91. The second kappa shape index (κ2) is 9.97. The largest absolute Gasteiger partial charge is 0.490 e. The molecule has 0 amide bonds. The summed E-state index contributed by atoms with van der Waals surface area (Å²) in [5, 5.41) is 3.70. The molecule has 38 heavy (non-hydrogen) atoms. The Morgan fingerprint density at radius 3 is 2.58 bits per heavy atom. The molecule has 2 heterocycles. The number of fused-ring (bicyclic) bond motifs is 1. The quantitative estimate of drug-likeness (QED) is 0.352. The van der Waals surface area contributed by atoms with Crippen molar-refractivity contribution in [2.75, 3.05) is 13.2 Å². The van der Waals surface area contributed by atoms with Crippen LogP contribution in [0.25, 0.3) is 11.0 Å². The Hall–Kier alpha value is -4.13. The van der Waals surface area contributed by atoms with Gasteiger partial charge in [0, 0.05) is 29.0 Å². The standard InChI is InChI=1S/C31H31NO6/c1-18-10-11-25-21(14-18)29(34)22(17-38-25)27-26(30(35)37-13-12-36-20-8-6-5-7-9-20)19(2)32-23-15-31(3,4)16-24(33)28(23)27/h5-11,14,17,27,32H,12-13,15-16H2,1-4H3/t27-/m1/s1. The number of para-hydroxylation sites is 1. The van der Waals surface area contributed by atoms with Gasteiger partial charge in [0.1, 0.15) is 24.5 Å². The fourth-order valence-corrected chi connectivity index (χ4v) is 5.37. The Morgan fingerprint density at radius 2 is 1.82 bits per heavy atom. The molecule has 7 heteroatoms. The van der Waals surface area contributed by atoms with E-state index >= 15 is 0 Å². The van der Waals surface area contributed by atoms with E-state index in [0.29, 0.717) is 40.8 Å². The smallest absolute Gasteiger partial charge is 0.336 e. The van der Waals surface area contributed by atoms with Crippen LogP contribution in [-0.2, 0) is 14.3 Å². The molecule has 1 aliphatic heterocycles. The third-order valence-corrected chi connectivity index (χ3v) is 7.05. The summed E-state index contributed by atoms with van der Waals surface area (Å²) in [4.78, 5) is 40.8. The lowest BCUT2D eigenvalue weighted by atomic mass is 9.68. The minimum atomic E-state index is -0.890. The van der Waals surface area contributed by atoms with Crippen molar-refractivity contribution >= 4 is 22.7 Å². The molecule has 0 saturated heterocycles. The van der Waals surface area contributed by atoms with E-state index in [1.807, 2.05) is 57.2 Å². The number of rotatable bonds is 6. The van der Waals surface area contributed by atoms with Crippen LogP contribution in [0.2, 0.25) is 0 Å². The highest BCUT2D eigenvalue weighted by atomic mass is 16.6. The van der Waals surface area contributed by atoms with Crippen LogP contribution in [0.5, 0.6) is 5.75 Å². The summed E-state index contributed by atoms with van der Waals surface area (Å²) < 4.78 is 17.1. The summed E-state index contributed by atoms with van der Waals surface area (Å²) in [6, 6.07) is 14.6. The average molecular weight is 514 g/mol. The van der Waals surface area contributed by atoms with Crippen molar-refractivity contribution in [3.63, 3.8) is 0 Å². The molecule has 0 radical (unpaired) electrons. The average Bonchev–Trinajstić information content (AvgIpc) is 2.86. The maximum atomic E-state index is 13.8. The molecule has 1 aliphatic carbocycles. The SMILES string of the molecule is CC1=C(C(=O)OCCOc2ccccc2)[C@@H](c2coc3ccc(C)cc3c2=O)C2=C(CC(C)(C)CC2=O)N1. The number of Topliss-reactive ketones (excluding diaryl/α,β-unsaturated/α-hetero) is 1. The van der Waals surface area contributed by atoms with E-state index in [0.717, 1.165) is 11.3 Å². The number of hydrogen-bond donors (Lipinski definition) is 1. The number of carbonyl (C=O) groups excluding carboxylic acids is 2. The highest BCUT2D eigenvalue weighted by Gasteiger charge is 2.44. The van der Waals surface area contributed by atoms with Crippen LogP contribution in [0.4, 0.5) is 0 Å². The van der Waals surface area contributed by atoms with Crippen molar-refractivity contribution in [3.8, 4) is 5.75 Å². The Morgan fingerprint density at radius 1 is 1.05 bits per heavy atom. The summed E-state index contributed by atoms with van der Waals surface area (Å²) >= 11 is 0. The van der Waals surface area contributed by atoms with Gasteiger partial charge >= 0.3 is 5.97 Å². The molecule has 3 aromatic rings. The first-order chi connectivity index (χ1) is 18.1. The fraction of sp³-hybridized carbons (Fsp3) is 0.323. The number of nitrogens with one attached hydrogen (secondary N) is 1. The Kier molecular flexibility index (Phi) is 6.69. The van der Waals surface area contributed by atoms with Gasteiger partial charge in [0.25, 0.3) is 0 Å². The second-order valence-corrected chi connectivity index (χ2v) is 10.7. The zero-order valence-electron chi connectivity index (χ0n) is 22.1. The van der Waals surface area contributed by atoms with E-state index in [-0.39, 0.29) is 41.0 Å². The van der Waals surface area contributed by atoms with Crippen molar-refractivity contribution < 1.29 is 23.5 Å². The lowest BCUT2D eigenvalue weighted by molar-refractivity contribution is -0.140. The Bertz CT molecular complexity index is 1540. The van der Waals surface area contributed by atoms with E-state index in [1.165, 1.54) is 6.26 Å². The molecule has 2 aromatic carbocycles. The van der Waals surface area contributed by atoms with Gasteiger partial charge in [-0.25, -0.2) is 4.79 Å². The Labute approximate surface area is 221 Å². The summed E-state index contributed by atoms with van der Waals surface area (Å²) in [7, 11) is 0. The molecule has 7 nitrogen and oxygen atoms in total. The number of carbonyl (C=O) groups is 2. The molecule has 0 fully saturated rings. The van der Waals surface area contributed by atoms with Gasteiger partial charge in [-0.2, -0.15) is 0 Å². The van der Waals surface area contributed by atoms with Crippen LogP contribution in [0.1, 0.15) is 50.7 Å². The van der Waals surface area contributed by atoms with Crippen LogP contribution in [0.15, 0.2) is 86.5 Å². The molecule has 5 rings (SSSR count). The van der Waals surface area contributed by atoms with E-state index in [2.05, 4.69) is 5.32 Å². The van der Waals surface area contributed by atoms with Gasteiger partial charge in [0.15, 0.2) is 11.2 Å². The van der Waals surface area contributed by atoms with Crippen molar-refractivity contribution in [1.82, 2.24) is 5.32 Å². The van der Waals surface area contributed by atoms with Gasteiger partial charge in [-0.3, -0.25) is 9.59 Å². The molecule has 1 aromatic heterocycles. The van der Waals surface area contributed by atoms with Gasteiger partial charge in [-0.15, -0.1) is 0 Å². The predicted molar refractivity (Wildman–Crippen MR) is 144 cm³/mol. The highest BCUT2D eigenvalue weighted by Crippen LogP contribution is 2.46. The first kappa shape index (κ1) is 25.5. The van der Waals surface area contributed by atoms with E-state index in [4.69, 9.17) is 13.9 Å². The zero-order chi connectivity index (χ0) is 27.0. The third-order valence-electron chi connectivity index (χ3n) is 7.05. The topological polar surface area (TPSA) is 94.8 Å². The molecule has 0 bridgehead atoms. The molecule has 2 aliphatic rings. The first-order valence-corrected chi connectivity index (χ1v) is 12.8. The number of ketones is 1. The third kappa shape index (κ3) is 4.88. The zero-order valence-corrected chi connectivity index (χ0v) is 22.1. The molecular weight excluding hydrogens is 482 g/mol. The molecule has 0 saturated carbocycles. The van der Waals surface area contributed by atoms with Crippen molar-refractivity contribution in [2.24, 2.45) is 5.41 Å². The van der Waals surface area contributed by atoms with Gasteiger partial charge in [-0.05, 0) is 49.9 Å². The fourth-order valence-electron chi connectivity index (χ4n) is 5.37. The number of benzene rings is 2. The van der Waals surface area contributed by atoms with Crippen molar-refractivity contribution in [1.29, 1.82) is 0 Å². The number of dihydropyridines is 1. The van der Waals surface area contributed by atoms with Crippen LogP contribution in [0, 0.1) is 12.3 Å². The number of allylic oxidation sites excluding steroid dienone is 3. The monoisotopic (exact) mass is 513 g/mol.